The largest absolute Gasteiger partial charge is 0.491 e. The summed E-state index contributed by atoms with van der Waals surface area (Å²) in [6, 6.07) is 16.2. The van der Waals surface area contributed by atoms with Gasteiger partial charge in [0.05, 0.1) is 11.6 Å². The van der Waals surface area contributed by atoms with Crippen molar-refractivity contribution in [1.29, 1.82) is 0 Å². The van der Waals surface area contributed by atoms with Gasteiger partial charge in [-0.25, -0.2) is 14.6 Å². The van der Waals surface area contributed by atoms with E-state index in [-0.39, 0.29) is 37.0 Å². The number of carbonyl (C=O) groups excluding carboxylic acids is 2. The summed E-state index contributed by atoms with van der Waals surface area (Å²) in [5.41, 5.74) is 0.183. The normalized spacial score (nSPS) is 14.7. The molecular formula is C36H45F3N4O5. The lowest BCUT2D eigenvalue weighted by Crippen LogP contribution is -2.42. The van der Waals surface area contributed by atoms with Gasteiger partial charge in [-0.3, -0.25) is 0 Å². The molecular weight excluding hydrogens is 625 g/mol. The number of hydrogen-bond acceptors (Lipinski definition) is 7. The molecule has 1 fully saturated rings. The van der Waals surface area contributed by atoms with Gasteiger partial charge in [0.2, 0.25) is 0 Å². The van der Waals surface area contributed by atoms with Crippen molar-refractivity contribution in [2.75, 3.05) is 25.0 Å². The molecule has 1 saturated heterocycles. The van der Waals surface area contributed by atoms with Crippen LogP contribution in [-0.4, -0.2) is 59.5 Å². The van der Waals surface area contributed by atoms with Crippen LogP contribution in [0.3, 0.4) is 0 Å². The minimum absolute atomic E-state index is 0.0282. The third kappa shape index (κ3) is 11.3. The molecule has 0 spiro atoms. The Labute approximate surface area is 280 Å². The Morgan fingerprint density at radius 3 is 2.31 bits per heavy atom. The SMILES string of the molecule is CC(C)C[C@@H](COc1ccc(-c2ccnc(NC3CCN(C(=O)OCc4ccccc4)CC3)c2)cc1C(F)(F)F)NC(=O)OC(C)(C)C. The molecule has 0 aliphatic carbocycles. The van der Waals surface area contributed by atoms with E-state index in [1.54, 1.807) is 50.1 Å². The second-order valence-electron chi connectivity index (χ2n) is 13.4. The number of rotatable bonds is 11. The molecule has 1 aromatic heterocycles. The van der Waals surface area contributed by atoms with Gasteiger partial charge in [0, 0.05) is 25.3 Å². The molecule has 2 aromatic carbocycles. The van der Waals surface area contributed by atoms with Crippen molar-refractivity contribution in [3.63, 3.8) is 0 Å². The number of aromatic nitrogens is 1. The van der Waals surface area contributed by atoms with Crippen LogP contribution in [0, 0.1) is 5.92 Å². The van der Waals surface area contributed by atoms with Gasteiger partial charge < -0.3 is 29.7 Å². The molecule has 2 heterocycles. The molecule has 0 bridgehead atoms. The zero-order chi connectivity index (χ0) is 34.9. The number of pyridine rings is 1. The number of amides is 2. The highest BCUT2D eigenvalue weighted by Gasteiger charge is 2.35. The van der Waals surface area contributed by atoms with Gasteiger partial charge in [0.15, 0.2) is 0 Å². The van der Waals surface area contributed by atoms with Crippen LogP contribution in [0.25, 0.3) is 11.1 Å². The molecule has 12 heteroatoms. The standard InChI is InChI=1S/C36H45F3N4O5/c1-24(2)19-29(42-33(44)48-35(3,4)5)23-46-31-12-11-26(20-30(31)36(37,38)39)27-13-16-40-32(21-27)41-28-14-17-43(18-15-28)34(45)47-22-25-9-7-6-8-10-25/h6-13,16,20-21,24,28-29H,14-15,17-19,22-23H2,1-5H3,(H,40,41)(H,42,44)/t29-/m0/s1. The monoisotopic (exact) mass is 670 g/mol. The first kappa shape index (κ1) is 36.4. The van der Waals surface area contributed by atoms with E-state index >= 15 is 0 Å². The predicted molar refractivity (Wildman–Crippen MR) is 178 cm³/mol. The minimum Gasteiger partial charge on any atom is -0.491 e. The van der Waals surface area contributed by atoms with E-state index in [1.165, 1.54) is 6.07 Å². The van der Waals surface area contributed by atoms with Gasteiger partial charge in [-0.05, 0) is 86.9 Å². The van der Waals surface area contributed by atoms with Gasteiger partial charge >= 0.3 is 18.4 Å². The highest BCUT2D eigenvalue weighted by Crippen LogP contribution is 2.39. The van der Waals surface area contributed by atoms with E-state index in [0.717, 1.165) is 11.6 Å². The Morgan fingerprint density at radius 1 is 0.979 bits per heavy atom. The highest BCUT2D eigenvalue weighted by molar-refractivity contribution is 5.69. The zero-order valence-corrected chi connectivity index (χ0v) is 28.1. The Kier molecular flexibility index (Phi) is 12.2. The van der Waals surface area contributed by atoms with Gasteiger partial charge in [0.25, 0.3) is 0 Å². The van der Waals surface area contributed by atoms with Crippen LogP contribution in [-0.2, 0) is 22.3 Å². The molecule has 1 aliphatic heterocycles. The molecule has 9 nitrogen and oxygen atoms in total. The average molecular weight is 671 g/mol. The van der Waals surface area contributed by atoms with Crippen LogP contribution in [0.2, 0.25) is 0 Å². The summed E-state index contributed by atoms with van der Waals surface area (Å²) in [7, 11) is 0. The lowest BCUT2D eigenvalue weighted by molar-refractivity contribution is -0.139. The van der Waals surface area contributed by atoms with E-state index < -0.39 is 29.5 Å². The fraction of sp³-hybridized carbons (Fsp3) is 0.472. The molecule has 3 aromatic rings. The topological polar surface area (TPSA) is 102 Å². The molecule has 2 amide bonds. The van der Waals surface area contributed by atoms with Crippen LogP contribution in [0.5, 0.6) is 5.75 Å². The van der Waals surface area contributed by atoms with Crippen LogP contribution < -0.4 is 15.4 Å². The number of hydrogen-bond donors (Lipinski definition) is 2. The smallest absolute Gasteiger partial charge is 0.419 e. The summed E-state index contributed by atoms with van der Waals surface area (Å²) in [5.74, 6) is 0.352. The molecule has 0 unspecified atom stereocenters. The molecule has 1 atom stereocenters. The highest BCUT2D eigenvalue weighted by atomic mass is 19.4. The average Bonchev–Trinajstić information content (AvgIpc) is 3.02. The van der Waals surface area contributed by atoms with Gasteiger partial charge in [-0.1, -0.05) is 50.2 Å². The van der Waals surface area contributed by atoms with E-state index in [9.17, 15) is 22.8 Å². The minimum atomic E-state index is -4.68. The second kappa shape index (κ2) is 16.1. The molecule has 0 radical (unpaired) electrons. The van der Waals surface area contributed by atoms with Gasteiger partial charge in [-0.15, -0.1) is 0 Å². The quantitative estimate of drug-likeness (QED) is 0.212. The molecule has 1 aliphatic rings. The maximum atomic E-state index is 14.3. The summed E-state index contributed by atoms with van der Waals surface area (Å²) >= 11 is 0. The summed E-state index contributed by atoms with van der Waals surface area (Å²) in [6.07, 6.45) is -2.33. The predicted octanol–water partition coefficient (Wildman–Crippen LogP) is 8.30. The van der Waals surface area contributed by atoms with Crippen LogP contribution in [0.4, 0.5) is 28.6 Å². The molecule has 260 valence electrons. The zero-order valence-electron chi connectivity index (χ0n) is 28.1. The van der Waals surface area contributed by atoms with Crippen LogP contribution in [0.15, 0.2) is 66.9 Å². The van der Waals surface area contributed by atoms with Crippen molar-refractivity contribution in [2.24, 2.45) is 5.92 Å². The van der Waals surface area contributed by atoms with Crippen LogP contribution >= 0.6 is 0 Å². The lowest BCUT2D eigenvalue weighted by atomic mass is 10.0. The van der Waals surface area contributed by atoms with E-state index in [1.807, 2.05) is 44.2 Å². The summed E-state index contributed by atoms with van der Waals surface area (Å²) in [6.45, 7) is 10.2. The number of anilines is 1. The van der Waals surface area contributed by atoms with E-state index in [4.69, 9.17) is 14.2 Å². The number of likely N-dealkylation sites (tertiary alicyclic amines) is 1. The maximum absolute atomic E-state index is 14.3. The van der Waals surface area contributed by atoms with Crippen molar-refractivity contribution >= 4 is 18.0 Å². The van der Waals surface area contributed by atoms with Gasteiger partial charge in [-0.2, -0.15) is 13.2 Å². The fourth-order valence-corrected chi connectivity index (χ4v) is 5.37. The number of ether oxygens (including phenoxy) is 3. The summed E-state index contributed by atoms with van der Waals surface area (Å²) in [5, 5.41) is 6.08. The number of halogens is 3. The van der Waals surface area contributed by atoms with Crippen molar-refractivity contribution in [3.05, 3.63) is 78.0 Å². The Hall–Kier alpha value is -4.48. The number of piperidine rings is 1. The third-order valence-corrected chi connectivity index (χ3v) is 7.61. The lowest BCUT2D eigenvalue weighted by Gasteiger charge is -2.32. The molecule has 0 saturated carbocycles. The van der Waals surface area contributed by atoms with E-state index in [0.29, 0.717) is 49.3 Å². The Bertz CT molecular complexity index is 1500. The number of alkyl halides is 3. The van der Waals surface area contributed by atoms with Crippen molar-refractivity contribution in [2.45, 2.75) is 84.3 Å². The number of carbonyl (C=O) groups is 2. The third-order valence-electron chi connectivity index (χ3n) is 7.61. The maximum Gasteiger partial charge on any atom is 0.419 e. The molecule has 2 N–H and O–H groups in total. The number of alkyl carbamates (subject to hydrolysis) is 1. The first-order valence-corrected chi connectivity index (χ1v) is 16.2. The first-order chi connectivity index (χ1) is 22.7. The molecule has 48 heavy (non-hydrogen) atoms. The first-order valence-electron chi connectivity index (χ1n) is 16.2. The van der Waals surface area contributed by atoms with Gasteiger partial charge in [0.1, 0.15) is 30.4 Å². The second-order valence-corrected chi connectivity index (χ2v) is 13.4. The van der Waals surface area contributed by atoms with Crippen molar-refractivity contribution < 1.29 is 37.0 Å². The Balaban J connectivity index is 1.38. The Morgan fingerprint density at radius 2 is 1.67 bits per heavy atom. The molecule has 4 rings (SSSR count). The van der Waals surface area contributed by atoms with Crippen molar-refractivity contribution in [1.82, 2.24) is 15.2 Å². The van der Waals surface area contributed by atoms with Crippen LogP contribution in [0.1, 0.15) is 65.0 Å². The summed E-state index contributed by atoms with van der Waals surface area (Å²) in [4.78, 5) is 30.9. The fourth-order valence-electron chi connectivity index (χ4n) is 5.37. The number of benzene rings is 2. The van der Waals surface area contributed by atoms with E-state index in [2.05, 4.69) is 15.6 Å². The summed E-state index contributed by atoms with van der Waals surface area (Å²) < 4.78 is 59.2. The number of nitrogens with one attached hydrogen (secondary N) is 2. The number of nitrogens with zero attached hydrogens (tertiary/aromatic N) is 2. The van der Waals surface area contributed by atoms with Crippen molar-refractivity contribution in [3.8, 4) is 16.9 Å².